The van der Waals surface area contributed by atoms with Crippen molar-refractivity contribution in [1.29, 1.82) is 0 Å². The molecule has 0 aliphatic carbocycles. The largest absolute Gasteiger partial charge is 0.507 e. The van der Waals surface area contributed by atoms with Crippen molar-refractivity contribution in [1.82, 2.24) is 4.90 Å². The second-order valence-electron chi connectivity index (χ2n) is 4.66. The minimum Gasteiger partial charge on any atom is -0.507 e. The Morgan fingerprint density at radius 3 is 2.82 bits per heavy atom. The average Bonchev–Trinajstić information content (AvgIpc) is 2.70. The van der Waals surface area contributed by atoms with Gasteiger partial charge in [-0.15, -0.1) is 0 Å². The van der Waals surface area contributed by atoms with Crippen LogP contribution in [-0.2, 0) is 0 Å². The fourth-order valence-corrected chi connectivity index (χ4v) is 2.41. The van der Waals surface area contributed by atoms with E-state index < -0.39 is 0 Å². The molecule has 0 saturated carbocycles. The molecule has 2 atom stereocenters. The molecule has 4 heteroatoms. The molecule has 17 heavy (non-hydrogen) atoms. The van der Waals surface area contributed by atoms with E-state index >= 15 is 0 Å². The van der Waals surface area contributed by atoms with Crippen molar-refractivity contribution in [2.24, 2.45) is 11.7 Å². The molecule has 2 rings (SSSR count). The Bertz CT molecular complexity index is 420. The zero-order valence-corrected chi connectivity index (χ0v) is 9.97. The van der Waals surface area contributed by atoms with Crippen LogP contribution in [0.2, 0.25) is 0 Å². The maximum atomic E-state index is 12.3. The Morgan fingerprint density at radius 2 is 2.24 bits per heavy atom. The van der Waals surface area contributed by atoms with Gasteiger partial charge in [-0.25, -0.2) is 0 Å². The number of hydrogen-bond donors (Lipinski definition) is 2. The van der Waals surface area contributed by atoms with Gasteiger partial charge in [-0.3, -0.25) is 4.79 Å². The minimum absolute atomic E-state index is 0.0425. The van der Waals surface area contributed by atoms with Crippen LogP contribution in [0.25, 0.3) is 0 Å². The Kier molecular flexibility index (Phi) is 3.33. The zero-order chi connectivity index (χ0) is 12.4. The van der Waals surface area contributed by atoms with Crippen molar-refractivity contribution in [3.63, 3.8) is 0 Å². The quantitative estimate of drug-likeness (QED) is 0.808. The van der Waals surface area contributed by atoms with E-state index in [0.717, 1.165) is 6.42 Å². The minimum atomic E-state index is -0.105. The average molecular weight is 234 g/mol. The molecule has 1 aliphatic rings. The van der Waals surface area contributed by atoms with Gasteiger partial charge in [0.1, 0.15) is 5.75 Å². The summed E-state index contributed by atoms with van der Waals surface area (Å²) in [5.41, 5.74) is 6.01. The van der Waals surface area contributed by atoms with Crippen molar-refractivity contribution in [3.05, 3.63) is 29.8 Å². The lowest BCUT2D eigenvalue weighted by molar-refractivity contribution is 0.0740. The predicted octanol–water partition coefficient (Wildman–Crippen LogP) is 1.20. The summed E-state index contributed by atoms with van der Waals surface area (Å²) in [7, 11) is 0. The number of aromatic hydroxyl groups is 1. The summed E-state index contributed by atoms with van der Waals surface area (Å²) < 4.78 is 0. The number of carbonyl (C=O) groups is 1. The molecule has 1 fully saturated rings. The number of nitrogens with two attached hydrogens (primary N) is 1. The third kappa shape index (κ3) is 2.26. The van der Waals surface area contributed by atoms with Crippen LogP contribution in [0.4, 0.5) is 0 Å². The molecule has 1 aromatic rings. The second kappa shape index (κ2) is 4.75. The Morgan fingerprint density at radius 1 is 1.53 bits per heavy atom. The molecule has 4 nitrogen and oxygen atoms in total. The van der Waals surface area contributed by atoms with Gasteiger partial charge in [0.05, 0.1) is 5.56 Å². The van der Waals surface area contributed by atoms with Crippen LogP contribution >= 0.6 is 0 Å². The monoisotopic (exact) mass is 234 g/mol. The summed E-state index contributed by atoms with van der Waals surface area (Å²) >= 11 is 0. The first-order valence-corrected chi connectivity index (χ1v) is 5.92. The van der Waals surface area contributed by atoms with Crippen molar-refractivity contribution in [2.45, 2.75) is 19.4 Å². The van der Waals surface area contributed by atoms with Gasteiger partial charge in [-0.05, 0) is 37.9 Å². The predicted molar refractivity (Wildman–Crippen MR) is 65.8 cm³/mol. The van der Waals surface area contributed by atoms with Gasteiger partial charge in [-0.1, -0.05) is 12.1 Å². The normalized spacial score (nSPS) is 24.0. The van der Waals surface area contributed by atoms with E-state index in [2.05, 4.69) is 0 Å². The molecular weight excluding hydrogens is 216 g/mol. The third-order valence-electron chi connectivity index (χ3n) is 3.39. The first kappa shape index (κ1) is 11.9. The molecule has 92 valence electrons. The van der Waals surface area contributed by atoms with E-state index in [9.17, 15) is 9.90 Å². The van der Waals surface area contributed by atoms with Gasteiger partial charge in [0.15, 0.2) is 0 Å². The van der Waals surface area contributed by atoms with Gasteiger partial charge < -0.3 is 15.7 Å². The molecular formula is C13H18N2O2. The topological polar surface area (TPSA) is 66.6 Å². The number of hydrogen-bond acceptors (Lipinski definition) is 3. The zero-order valence-electron chi connectivity index (χ0n) is 9.97. The molecule has 1 aliphatic heterocycles. The van der Waals surface area contributed by atoms with Crippen LogP contribution in [0.15, 0.2) is 24.3 Å². The Hall–Kier alpha value is -1.55. The van der Waals surface area contributed by atoms with Crippen molar-refractivity contribution in [3.8, 4) is 5.75 Å². The molecule has 0 aromatic heterocycles. The standard InChI is InChI=1S/C13H18N2O2/c1-9-6-10(7-14)8-15(9)13(17)11-4-2-3-5-12(11)16/h2-5,9-10,16H,6-8,14H2,1H3. The Labute approximate surface area is 101 Å². The molecule has 3 N–H and O–H groups in total. The highest BCUT2D eigenvalue weighted by atomic mass is 16.3. The molecule has 0 radical (unpaired) electrons. The van der Waals surface area contributed by atoms with Gasteiger partial charge >= 0.3 is 0 Å². The van der Waals surface area contributed by atoms with Gasteiger partial charge in [0.25, 0.3) is 5.91 Å². The van der Waals surface area contributed by atoms with E-state index in [4.69, 9.17) is 5.73 Å². The van der Waals surface area contributed by atoms with Crippen molar-refractivity contribution >= 4 is 5.91 Å². The molecule has 1 amide bonds. The number of phenolic OH excluding ortho intramolecular Hbond substituents is 1. The van der Waals surface area contributed by atoms with E-state index in [1.165, 1.54) is 6.07 Å². The summed E-state index contributed by atoms with van der Waals surface area (Å²) in [6.07, 6.45) is 0.940. The van der Waals surface area contributed by atoms with Crippen LogP contribution in [-0.4, -0.2) is 35.0 Å². The van der Waals surface area contributed by atoms with Crippen LogP contribution in [0.1, 0.15) is 23.7 Å². The highest BCUT2D eigenvalue weighted by molar-refractivity contribution is 5.97. The lowest BCUT2D eigenvalue weighted by atomic mass is 10.1. The third-order valence-corrected chi connectivity index (χ3v) is 3.39. The number of likely N-dealkylation sites (tertiary alicyclic amines) is 1. The number of nitrogens with zero attached hydrogens (tertiary/aromatic N) is 1. The first-order chi connectivity index (χ1) is 8.13. The fraction of sp³-hybridized carbons (Fsp3) is 0.462. The van der Waals surface area contributed by atoms with Crippen LogP contribution < -0.4 is 5.73 Å². The van der Waals surface area contributed by atoms with Gasteiger partial charge in [0, 0.05) is 12.6 Å². The van der Waals surface area contributed by atoms with Gasteiger partial charge in [-0.2, -0.15) is 0 Å². The van der Waals surface area contributed by atoms with Crippen molar-refractivity contribution < 1.29 is 9.90 Å². The lowest BCUT2D eigenvalue weighted by Gasteiger charge is -2.21. The summed E-state index contributed by atoms with van der Waals surface area (Å²) in [6.45, 7) is 3.31. The Balaban J connectivity index is 2.19. The smallest absolute Gasteiger partial charge is 0.257 e. The van der Waals surface area contributed by atoms with E-state index in [-0.39, 0.29) is 17.7 Å². The number of benzene rings is 1. The van der Waals surface area contributed by atoms with Crippen molar-refractivity contribution in [2.75, 3.05) is 13.1 Å². The fourth-order valence-electron chi connectivity index (χ4n) is 2.41. The highest BCUT2D eigenvalue weighted by Crippen LogP contribution is 2.26. The van der Waals surface area contributed by atoms with E-state index in [1.54, 1.807) is 23.1 Å². The molecule has 0 spiro atoms. The number of amides is 1. The SMILES string of the molecule is CC1CC(CN)CN1C(=O)c1ccccc1O. The lowest BCUT2D eigenvalue weighted by Crippen LogP contribution is -2.34. The van der Waals surface area contributed by atoms with Crippen LogP contribution in [0.5, 0.6) is 5.75 Å². The second-order valence-corrected chi connectivity index (χ2v) is 4.66. The number of carbonyl (C=O) groups excluding carboxylic acids is 1. The number of para-hydroxylation sites is 1. The number of rotatable bonds is 2. The van der Waals surface area contributed by atoms with Gasteiger partial charge in [0.2, 0.25) is 0 Å². The molecule has 1 aromatic carbocycles. The summed E-state index contributed by atoms with van der Waals surface area (Å²) in [5.74, 6) is 0.312. The van der Waals surface area contributed by atoms with Crippen LogP contribution in [0, 0.1) is 5.92 Å². The molecule has 1 saturated heterocycles. The summed E-state index contributed by atoms with van der Waals surface area (Å²) in [6, 6.07) is 6.85. The maximum absolute atomic E-state index is 12.3. The first-order valence-electron chi connectivity index (χ1n) is 5.92. The molecule has 1 heterocycles. The summed E-state index contributed by atoms with van der Waals surface area (Å²) in [4.78, 5) is 14.1. The van der Waals surface area contributed by atoms with E-state index in [0.29, 0.717) is 24.6 Å². The molecule has 0 bridgehead atoms. The number of phenols is 1. The molecule has 2 unspecified atom stereocenters. The maximum Gasteiger partial charge on any atom is 0.257 e. The van der Waals surface area contributed by atoms with E-state index in [1.807, 2.05) is 6.92 Å². The van der Waals surface area contributed by atoms with Crippen LogP contribution in [0.3, 0.4) is 0 Å². The summed E-state index contributed by atoms with van der Waals surface area (Å²) in [5, 5.41) is 9.68. The highest BCUT2D eigenvalue weighted by Gasteiger charge is 2.32.